The van der Waals surface area contributed by atoms with Crippen molar-refractivity contribution in [3.8, 4) is 0 Å². The Bertz CT molecular complexity index is 228. The van der Waals surface area contributed by atoms with Crippen LogP contribution in [-0.2, 0) is 4.79 Å². The van der Waals surface area contributed by atoms with Gasteiger partial charge < -0.3 is 11.1 Å². The standard InChI is InChI=1S/C12H26N2OS/c1-11(2,3)9(8-12(4,5)16)10(15)14-7-6-13/h9,16H,6-8,13H2,1-5H3,(H,14,15). The van der Waals surface area contributed by atoms with Crippen LogP contribution in [0.25, 0.3) is 0 Å². The molecule has 0 saturated carbocycles. The van der Waals surface area contributed by atoms with Gasteiger partial charge in [0.1, 0.15) is 0 Å². The lowest BCUT2D eigenvalue weighted by Gasteiger charge is -2.34. The van der Waals surface area contributed by atoms with Crippen molar-refractivity contribution in [3.63, 3.8) is 0 Å². The highest BCUT2D eigenvalue weighted by molar-refractivity contribution is 7.81. The first-order valence-corrected chi connectivity index (χ1v) is 6.23. The summed E-state index contributed by atoms with van der Waals surface area (Å²) in [5, 5.41) is 2.86. The largest absolute Gasteiger partial charge is 0.355 e. The van der Waals surface area contributed by atoms with E-state index in [0.717, 1.165) is 6.42 Å². The molecule has 0 spiro atoms. The fourth-order valence-electron chi connectivity index (χ4n) is 1.61. The Morgan fingerprint density at radius 3 is 2.12 bits per heavy atom. The Hall–Kier alpha value is -0.220. The number of hydrogen-bond acceptors (Lipinski definition) is 3. The topological polar surface area (TPSA) is 55.1 Å². The predicted octanol–water partition coefficient (Wildman–Crippen LogP) is 1.82. The van der Waals surface area contributed by atoms with Crippen LogP contribution in [0.4, 0.5) is 0 Å². The third-order valence-electron chi connectivity index (χ3n) is 2.51. The molecular formula is C12H26N2OS. The highest BCUT2D eigenvalue weighted by Crippen LogP contribution is 2.34. The van der Waals surface area contributed by atoms with Gasteiger partial charge >= 0.3 is 0 Å². The Morgan fingerprint density at radius 2 is 1.81 bits per heavy atom. The van der Waals surface area contributed by atoms with Crippen LogP contribution >= 0.6 is 12.6 Å². The first kappa shape index (κ1) is 15.8. The molecule has 1 unspecified atom stereocenters. The average molecular weight is 246 g/mol. The maximum Gasteiger partial charge on any atom is 0.223 e. The summed E-state index contributed by atoms with van der Waals surface area (Å²) in [4.78, 5) is 12.0. The third-order valence-corrected chi connectivity index (χ3v) is 2.69. The molecule has 0 aliphatic heterocycles. The maximum atomic E-state index is 12.0. The minimum atomic E-state index is -0.141. The molecule has 0 bridgehead atoms. The summed E-state index contributed by atoms with van der Waals surface area (Å²) in [7, 11) is 0. The van der Waals surface area contributed by atoms with Gasteiger partial charge in [-0.1, -0.05) is 34.6 Å². The van der Waals surface area contributed by atoms with Gasteiger partial charge in [0.25, 0.3) is 0 Å². The Kier molecular flexibility index (Phi) is 5.84. The van der Waals surface area contributed by atoms with Crippen LogP contribution in [0.2, 0.25) is 0 Å². The highest BCUT2D eigenvalue weighted by atomic mass is 32.1. The lowest BCUT2D eigenvalue weighted by molar-refractivity contribution is -0.128. The summed E-state index contributed by atoms with van der Waals surface area (Å²) in [6.45, 7) is 11.3. The molecule has 3 N–H and O–H groups in total. The van der Waals surface area contributed by atoms with Crippen molar-refractivity contribution in [2.24, 2.45) is 17.1 Å². The molecule has 0 heterocycles. The number of thiol groups is 1. The number of amides is 1. The van der Waals surface area contributed by atoms with Crippen molar-refractivity contribution < 1.29 is 4.79 Å². The number of hydrogen-bond donors (Lipinski definition) is 3. The van der Waals surface area contributed by atoms with Crippen molar-refractivity contribution in [3.05, 3.63) is 0 Å². The van der Waals surface area contributed by atoms with Crippen molar-refractivity contribution >= 4 is 18.5 Å². The van der Waals surface area contributed by atoms with Gasteiger partial charge in [-0.05, 0) is 11.8 Å². The number of carbonyl (C=O) groups excluding carboxylic acids is 1. The summed E-state index contributed by atoms with van der Waals surface area (Å²) in [6.07, 6.45) is 0.760. The Labute approximate surface area is 105 Å². The molecule has 0 aromatic heterocycles. The van der Waals surface area contributed by atoms with Crippen LogP contribution in [0.3, 0.4) is 0 Å². The fourth-order valence-corrected chi connectivity index (χ4v) is 1.79. The summed E-state index contributed by atoms with van der Waals surface area (Å²) < 4.78 is -0.141. The smallest absolute Gasteiger partial charge is 0.223 e. The molecular weight excluding hydrogens is 220 g/mol. The van der Waals surface area contributed by atoms with Crippen LogP contribution in [0.1, 0.15) is 41.0 Å². The molecule has 1 atom stereocenters. The van der Waals surface area contributed by atoms with E-state index in [1.54, 1.807) is 0 Å². The van der Waals surface area contributed by atoms with Crippen LogP contribution in [0.5, 0.6) is 0 Å². The van der Waals surface area contributed by atoms with E-state index in [4.69, 9.17) is 5.73 Å². The van der Waals surface area contributed by atoms with Gasteiger partial charge in [-0.15, -0.1) is 0 Å². The molecule has 0 aromatic rings. The summed E-state index contributed by atoms with van der Waals surface area (Å²) in [5.41, 5.74) is 5.33. The Balaban J connectivity index is 4.62. The fraction of sp³-hybridized carbons (Fsp3) is 0.917. The number of nitrogens with one attached hydrogen (secondary N) is 1. The Morgan fingerprint density at radius 1 is 1.31 bits per heavy atom. The van der Waals surface area contributed by atoms with Crippen LogP contribution in [0.15, 0.2) is 0 Å². The zero-order valence-corrected chi connectivity index (χ0v) is 12.0. The molecule has 0 aliphatic carbocycles. The molecule has 0 rings (SSSR count). The lowest BCUT2D eigenvalue weighted by atomic mass is 9.75. The van der Waals surface area contributed by atoms with Crippen LogP contribution in [-0.4, -0.2) is 23.7 Å². The summed E-state index contributed by atoms with van der Waals surface area (Å²) >= 11 is 4.51. The van der Waals surface area contributed by atoms with E-state index < -0.39 is 0 Å². The minimum absolute atomic E-state index is 0.0356. The van der Waals surface area contributed by atoms with Gasteiger partial charge in [0, 0.05) is 23.8 Å². The molecule has 0 aromatic carbocycles. The molecule has 1 amide bonds. The summed E-state index contributed by atoms with van der Waals surface area (Å²) in [5.74, 6) is 0.0478. The van der Waals surface area contributed by atoms with E-state index in [-0.39, 0.29) is 22.0 Å². The van der Waals surface area contributed by atoms with E-state index in [9.17, 15) is 4.79 Å². The van der Waals surface area contributed by atoms with Gasteiger partial charge in [-0.2, -0.15) is 12.6 Å². The number of nitrogens with two attached hydrogens (primary N) is 1. The zero-order valence-electron chi connectivity index (χ0n) is 11.1. The van der Waals surface area contributed by atoms with Gasteiger partial charge in [0.15, 0.2) is 0 Å². The second-order valence-corrected chi connectivity index (χ2v) is 7.23. The second kappa shape index (κ2) is 5.92. The van der Waals surface area contributed by atoms with E-state index in [0.29, 0.717) is 13.1 Å². The minimum Gasteiger partial charge on any atom is -0.355 e. The normalized spacial score (nSPS) is 14.7. The molecule has 0 aliphatic rings. The van der Waals surface area contributed by atoms with E-state index in [1.807, 2.05) is 13.8 Å². The van der Waals surface area contributed by atoms with Gasteiger partial charge in [0.05, 0.1) is 0 Å². The first-order chi connectivity index (χ1) is 7.08. The molecule has 0 saturated heterocycles. The number of carbonyl (C=O) groups is 1. The molecule has 16 heavy (non-hydrogen) atoms. The first-order valence-electron chi connectivity index (χ1n) is 5.78. The maximum absolute atomic E-state index is 12.0. The van der Waals surface area contributed by atoms with Gasteiger partial charge in [-0.25, -0.2) is 0 Å². The molecule has 3 nitrogen and oxygen atoms in total. The van der Waals surface area contributed by atoms with Crippen molar-refractivity contribution in [1.82, 2.24) is 5.32 Å². The predicted molar refractivity (Wildman–Crippen MR) is 72.7 cm³/mol. The molecule has 96 valence electrons. The van der Waals surface area contributed by atoms with E-state index >= 15 is 0 Å². The van der Waals surface area contributed by atoms with E-state index in [2.05, 4.69) is 38.7 Å². The SMILES string of the molecule is CC(C)(S)CC(C(=O)NCCN)C(C)(C)C. The van der Waals surface area contributed by atoms with Crippen LogP contribution in [0, 0.1) is 11.3 Å². The molecule has 4 heteroatoms. The van der Waals surface area contributed by atoms with Crippen molar-refractivity contribution in [2.75, 3.05) is 13.1 Å². The second-order valence-electron chi connectivity index (χ2n) is 6.01. The zero-order chi connectivity index (χ0) is 13.0. The average Bonchev–Trinajstić information content (AvgIpc) is 2.07. The third kappa shape index (κ3) is 6.38. The lowest BCUT2D eigenvalue weighted by Crippen LogP contribution is -2.42. The molecule has 0 fully saturated rings. The monoisotopic (exact) mass is 246 g/mol. The van der Waals surface area contributed by atoms with Gasteiger partial charge in [-0.3, -0.25) is 4.79 Å². The highest BCUT2D eigenvalue weighted by Gasteiger charge is 2.34. The van der Waals surface area contributed by atoms with Crippen LogP contribution < -0.4 is 11.1 Å². The van der Waals surface area contributed by atoms with Crippen molar-refractivity contribution in [2.45, 2.75) is 45.8 Å². The van der Waals surface area contributed by atoms with Gasteiger partial charge in [0.2, 0.25) is 5.91 Å². The molecule has 0 radical (unpaired) electrons. The number of rotatable bonds is 5. The van der Waals surface area contributed by atoms with E-state index in [1.165, 1.54) is 0 Å². The summed E-state index contributed by atoms with van der Waals surface area (Å²) in [6, 6.07) is 0. The quantitative estimate of drug-likeness (QED) is 0.648. The van der Waals surface area contributed by atoms with Crippen molar-refractivity contribution in [1.29, 1.82) is 0 Å².